The van der Waals surface area contributed by atoms with Crippen molar-refractivity contribution in [2.75, 3.05) is 0 Å². The molecule has 5 nitrogen and oxygen atoms in total. The second-order valence-electron chi connectivity index (χ2n) is 2.32. The van der Waals surface area contributed by atoms with Gasteiger partial charge in [-0.2, -0.15) is 0 Å². The lowest BCUT2D eigenvalue weighted by Crippen LogP contribution is -2.03. The molecule has 7 heteroatoms. The molecule has 1 rings (SSSR count). The van der Waals surface area contributed by atoms with Gasteiger partial charge in [-0.1, -0.05) is 0 Å². The van der Waals surface area contributed by atoms with Gasteiger partial charge < -0.3 is 5.11 Å². The van der Waals surface area contributed by atoms with Crippen molar-refractivity contribution in [2.45, 2.75) is 0 Å². The molecular formula is C7H3Br2NO4. The number of nitro benzene ring substituents is 1. The zero-order chi connectivity index (χ0) is 10.9. The van der Waals surface area contributed by atoms with Crippen LogP contribution in [0.3, 0.4) is 0 Å². The number of aromatic carboxylic acids is 1. The van der Waals surface area contributed by atoms with Gasteiger partial charge in [-0.15, -0.1) is 0 Å². The monoisotopic (exact) mass is 323 g/mol. The van der Waals surface area contributed by atoms with Crippen molar-refractivity contribution < 1.29 is 14.8 Å². The van der Waals surface area contributed by atoms with Crippen molar-refractivity contribution in [3.63, 3.8) is 0 Å². The molecule has 0 unspecified atom stereocenters. The summed E-state index contributed by atoms with van der Waals surface area (Å²) in [4.78, 5) is 20.5. The van der Waals surface area contributed by atoms with Gasteiger partial charge in [-0.3, -0.25) is 10.1 Å². The van der Waals surface area contributed by atoms with Gasteiger partial charge in [0.05, 0.1) is 4.92 Å². The van der Waals surface area contributed by atoms with Gasteiger partial charge >= 0.3 is 5.97 Å². The summed E-state index contributed by atoms with van der Waals surface area (Å²) in [5, 5.41) is 19.3. The average Bonchev–Trinajstić information content (AvgIpc) is 2.08. The van der Waals surface area contributed by atoms with Crippen LogP contribution >= 0.6 is 31.9 Å². The lowest BCUT2D eigenvalue weighted by Gasteiger charge is -2.01. The van der Waals surface area contributed by atoms with Gasteiger partial charge in [0.1, 0.15) is 10.0 Å². The van der Waals surface area contributed by atoms with Crippen LogP contribution in [-0.4, -0.2) is 16.0 Å². The van der Waals surface area contributed by atoms with E-state index < -0.39 is 16.6 Å². The highest BCUT2D eigenvalue weighted by Gasteiger charge is 2.24. The van der Waals surface area contributed by atoms with E-state index in [0.717, 1.165) is 0 Å². The first-order valence-corrected chi connectivity index (χ1v) is 4.89. The van der Waals surface area contributed by atoms with Gasteiger partial charge in [0.2, 0.25) is 0 Å². The SMILES string of the molecule is O=C(O)c1ccc(Br)c(Br)c1[N+](=O)[O-]. The number of benzene rings is 1. The van der Waals surface area contributed by atoms with E-state index in [1.807, 2.05) is 0 Å². The summed E-state index contributed by atoms with van der Waals surface area (Å²) < 4.78 is 0.566. The fraction of sp³-hybridized carbons (Fsp3) is 0. The Kier molecular flexibility index (Phi) is 3.22. The molecule has 74 valence electrons. The molecule has 0 heterocycles. The van der Waals surface area contributed by atoms with Crippen LogP contribution in [0.1, 0.15) is 10.4 Å². The normalized spacial score (nSPS) is 9.86. The van der Waals surface area contributed by atoms with Crippen molar-refractivity contribution in [1.82, 2.24) is 0 Å². The van der Waals surface area contributed by atoms with E-state index in [2.05, 4.69) is 31.9 Å². The van der Waals surface area contributed by atoms with E-state index in [4.69, 9.17) is 5.11 Å². The predicted octanol–water partition coefficient (Wildman–Crippen LogP) is 2.82. The Balaban J connectivity index is 3.53. The van der Waals surface area contributed by atoms with E-state index in [1.165, 1.54) is 12.1 Å². The van der Waals surface area contributed by atoms with E-state index in [-0.39, 0.29) is 10.0 Å². The summed E-state index contributed by atoms with van der Waals surface area (Å²) in [6.07, 6.45) is 0. The van der Waals surface area contributed by atoms with Crippen molar-refractivity contribution in [3.05, 3.63) is 36.8 Å². The van der Waals surface area contributed by atoms with Crippen molar-refractivity contribution in [1.29, 1.82) is 0 Å². The first-order chi connectivity index (χ1) is 6.45. The zero-order valence-corrected chi connectivity index (χ0v) is 9.70. The fourth-order valence-corrected chi connectivity index (χ4v) is 1.70. The van der Waals surface area contributed by atoms with Crippen LogP contribution < -0.4 is 0 Å². The topological polar surface area (TPSA) is 80.4 Å². The molecule has 0 fully saturated rings. The molecule has 1 N–H and O–H groups in total. The summed E-state index contributed by atoms with van der Waals surface area (Å²) in [6, 6.07) is 2.61. The highest BCUT2D eigenvalue weighted by atomic mass is 79.9. The fourth-order valence-electron chi connectivity index (χ4n) is 0.891. The highest BCUT2D eigenvalue weighted by Crippen LogP contribution is 2.35. The van der Waals surface area contributed by atoms with Gasteiger partial charge in [-0.25, -0.2) is 4.79 Å². The minimum atomic E-state index is -1.33. The van der Waals surface area contributed by atoms with Gasteiger partial charge in [0, 0.05) is 4.47 Å². The Morgan fingerprint density at radius 3 is 2.43 bits per heavy atom. The quantitative estimate of drug-likeness (QED) is 0.670. The maximum atomic E-state index is 10.6. The number of hydrogen-bond donors (Lipinski definition) is 1. The smallest absolute Gasteiger partial charge is 0.342 e. The second kappa shape index (κ2) is 4.05. The molecule has 14 heavy (non-hydrogen) atoms. The van der Waals surface area contributed by atoms with Crippen molar-refractivity contribution in [3.8, 4) is 0 Å². The molecule has 0 atom stereocenters. The number of nitro groups is 1. The lowest BCUT2D eigenvalue weighted by molar-refractivity contribution is -0.386. The first-order valence-electron chi connectivity index (χ1n) is 3.31. The van der Waals surface area contributed by atoms with Crippen LogP contribution in [0.5, 0.6) is 0 Å². The molecule has 0 spiro atoms. The third-order valence-electron chi connectivity index (χ3n) is 1.48. The molecule has 0 amide bonds. The summed E-state index contributed by atoms with van der Waals surface area (Å²) in [5.74, 6) is -1.33. The molecule has 0 saturated heterocycles. The predicted molar refractivity (Wildman–Crippen MR) is 55.5 cm³/mol. The Hall–Kier alpha value is -0.950. The van der Waals surface area contributed by atoms with E-state index >= 15 is 0 Å². The summed E-state index contributed by atoms with van der Waals surface area (Å²) in [6.45, 7) is 0. The van der Waals surface area contributed by atoms with Crippen LogP contribution in [0.25, 0.3) is 0 Å². The van der Waals surface area contributed by atoms with Crippen LogP contribution in [0.4, 0.5) is 5.69 Å². The molecule has 0 saturated carbocycles. The zero-order valence-electron chi connectivity index (χ0n) is 6.53. The number of carboxylic acid groups (broad SMARTS) is 1. The van der Waals surface area contributed by atoms with Crippen molar-refractivity contribution in [2.24, 2.45) is 0 Å². The molecular weight excluding hydrogens is 322 g/mol. The summed E-state index contributed by atoms with van der Waals surface area (Å²) in [5.41, 5.74) is -0.794. The molecule has 0 radical (unpaired) electrons. The number of rotatable bonds is 2. The molecule has 1 aromatic rings. The van der Waals surface area contributed by atoms with Crippen LogP contribution in [0.15, 0.2) is 21.1 Å². The Morgan fingerprint density at radius 2 is 2.00 bits per heavy atom. The molecule has 0 aliphatic heterocycles. The maximum absolute atomic E-state index is 10.6. The Labute approximate surface area is 95.1 Å². The first kappa shape index (κ1) is 11.1. The number of hydrogen-bond acceptors (Lipinski definition) is 3. The average molecular weight is 325 g/mol. The van der Waals surface area contributed by atoms with Gasteiger partial charge in [-0.05, 0) is 44.0 Å². The molecule has 0 aliphatic rings. The molecule has 0 bridgehead atoms. The Morgan fingerprint density at radius 1 is 1.43 bits per heavy atom. The van der Waals surface area contributed by atoms with E-state index in [1.54, 1.807) is 0 Å². The highest BCUT2D eigenvalue weighted by molar-refractivity contribution is 9.13. The number of halogens is 2. The Bertz CT molecular complexity index is 418. The van der Waals surface area contributed by atoms with Crippen LogP contribution in [0.2, 0.25) is 0 Å². The number of carbonyl (C=O) groups is 1. The van der Waals surface area contributed by atoms with E-state index in [0.29, 0.717) is 4.47 Å². The minimum Gasteiger partial charge on any atom is -0.477 e. The summed E-state index contributed by atoms with van der Waals surface area (Å²) in [7, 11) is 0. The van der Waals surface area contributed by atoms with Crippen LogP contribution in [0, 0.1) is 10.1 Å². The standard InChI is InChI=1S/C7H3Br2NO4/c8-4-2-1-3(7(11)12)6(5(4)9)10(13)14/h1-2H,(H,11,12). The lowest BCUT2D eigenvalue weighted by atomic mass is 10.2. The minimum absolute atomic E-state index is 0.127. The number of nitrogens with zero attached hydrogens (tertiary/aromatic N) is 1. The third-order valence-corrected chi connectivity index (χ3v) is 3.48. The van der Waals surface area contributed by atoms with Gasteiger partial charge in [0.15, 0.2) is 0 Å². The summed E-state index contributed by atoms with van der Waals surface area (Å²) >= 11 is 6.00. The largest absolute Gasteiger partial charge is 0.477 e. The van der Waals surface area contributed by atoms with Crippen LogP contribution in [-0.2, 0) is 0 Å². The number of carboxylic acids is 1. The second-order valence-corrected chi connectivity index (χ2v) is 3.97. The maximum Gasteiger partial charge on any atom is 0.342 e. The van der Waals surface area contributed by atoms with Gasteiger partial charge in [0.25, 0.3) is 5.69 Å². The van der Waals surface area contributed by atoms with E-state index in [9.17, 15) is 14.9 Å². The third kappa shape index (κ3) is 1.93. The van der Waals surface area contributed by atoms with Crippen molar-refractivity contribution >= 4 is 43.5 Å². The molecule has 0 aromatic heterocycles. The molecule has 0 aliphatic carbocycles. The molecule has 1 aromatic carbocycles.